The van der Waals surface area contributed by atoms with Gasteiger partial charge in [-0.25, -0.2) is 8.42 Å². The van der Waals surface area contributed by atoms with E-state index in [0.717, 1.165) is 14.3 Å². The minimum atomic E-state index is -3.91. The normalized spacial score (nSPS) is 11.5. The summed E-state index contributed by atoms with van der Waals surface area (Å²) in [5, 5.41) is 3.31. The predicted octanol–water partition coefficient (Wildman–Crippen LogP) is 5.59. The Morgan fingerprint density at radius 1 is 0.933 bits per heavy atom. The lowest BCUT2D eigenvalue weighted by molar-refractivity contribution is -0.116. The number of benzene rings is 3. The first-order chi connectivity index (χ1) is 14.3. The van der Waals surface area contributed by atoms with Crippen LogP contribution >= 0.6 is 39.1 Å². The van der Waals surface area contributed by atoms with Gasteiger partial charge < -0.3 is 5.32 Å². The zero-order chi connectivity index (χ0) is 21.7. The molecule has 0 spiro atoms. The summed E-state index contributed by atoms with van der Waals surface area (Å²) in [4.78, 5) is 12.7. The Kier molecular flexibility index (Phi) is 7.55. The fourth-order valence-electron chi connectivity index (χ4n) is 2.70. The lowest BCUT2D eigenvalue weighted by atomic mass is 10.2. The third-order valence-corrected chi connectivity index (χ3v) is 7.25. The second kappa shape index (κ2) is 9.94. The van der Waals surface area contributed by atoms with Crippen LogP contribution in [0.5, 0.6) is 0 Å². The summed E-state index contributed by atoms with van der Waals surface area (Å²) in [6, 6.07) is 20.0. The predicted molar refractivity (Wildman–Crippen MR) is 123 cm³/mol. The van der Waals surface area contributed by atoms with Gasteiger partial charge in [-0.3, -0.25) is 4.79 Å². The lowest BCUT2D eigenvalue weighted by Crippen LogP contribution is -2.37. The van der Waals surface area contributed by atoms with Crippen LogP contribution < -0.4 is 5.32 Å². The molecule has 30 heavy (non-hydrogen) atoms. The van der Waals surface area contributed by atoms with Crippen molar-refractivity contribution in [3.63, 3.8) is 0 Å². The van der Waals surface area contributed by atoms with Gasteiger partial charge in [0.2, 0.25) is 15.9 Å². The number of halogens is 3. The summed E-state index contributed by atoms with van der Waals surface area (Å²) in [6.45, 7) is -0.318. The molecule has 0 atom stereocenters. The number of hydrogen-bond donors (Lipinski definition) is 1. The first-order valence-electron chi connectivity index (χ1n) is 8.80. The summed E-state index contributed by atoms with van der Waals surface area (Å²) >= 11 is 15.2. The molecule has 1 N–H and O–H groups in total. The highest BCUT2D eigenvalue weighted by Crippen LogP contribution is 2.25. The number of sulfonamides is 1. The van der Waals surface area contributed by atoms with Crippen molar-refractivity contribution in [1.29, 1.82) is 0 Å². The molecule has 0 aliphatic heterocycles. The first kappa shape index (κ1) is 22.8. The standard InChI is InChI=1S/C21H17BrCl2N2O3S/c22-16-6-9-18(10-7-16)30(28,29)26(13-15-4-2-1-3-5-15)14-21(27)25-17-8-11-19(23)20(24)12-17/h1-12H,13-14H2,(H,25,27). The van der Waals surface area contributed by atoms with Gasteiger partial charge in [-0.2, -0.15) is 4.31 Å². The molecule has 0 aromatic heterocycles. The van der Waals surface area contributed by atoms with E-state index in [1.165, 1.54) is 18.2 Å². The van der Waals surface area contributed by atoms with Gasteiger partial charge in [0.1, 0.15) is 0 Å². The maximum absolute atomic E-state index is 13.2. The minimum Gasteiger partial charge on any atom is -0.325 e. The second-order valence-electron chi connectivity index (χ2n) is 6.39. The summed E-state index contributed by atoms with van der Waals surface area (Å²) in [5.41, 5.74) is 1.19. The van der Waals surface area contributed by atoms with Crippen molar-refractivity contribution >= 4 is 60.7 Å². The van der Waals surface area contributed by atoms with E-state index >= 15 is 0 Å². The molecule has 0 fully saturated rings. The molecule has 0 aliphatic rings. The van der Waals surface area contributed by atoms with Gasteiger partial charge in [0.25, 0.3) is 0 Å². The van der Waals surface area contributed by atoms with Crippen molar-refractivity contribution in [2.75, 3.05) is 11.9 Å². The van der Waals surface area contributed by atoms with Gasteiger partial charge in [-0.1, -0.05) is 69.5 Å². The maximum atomic E-state index is 13.2. The average Bonchev–Trinajstić information content (AvgIpc) is 2.71. The Balaban J connectivity index is 1.86. The number of amides is 1. The molecule has 0 heterocycles. The molecule has 3 aromatic carbocycles. The Labute approximate surface area is 193 Å². The van der Waals surface area contributed by atoms with E-state index in [4.69, 9.17) is 23.2 Å². The molecule has 1 amide bonds. The Morgan fingerprint density at radius 2 is 1.60 bits per heavy atom. The summed E-state index contributed by atoms with van der Waals surface area (Å²) in [6.07, 6.45) is 0. The largest absolute Gasteiger partial charge is 0.325 e. The van der Waals surface area contributed by atoms with Crippen molar-refractivity contribution in [1.82, 2.24) is 4.31 Å². The van der Waals surface area contributed by atoms with Crippen LogP contribution in [0.4, 0.5) is 5.69 Å². The van der Waals surface area contributed by atoms with Crippen LogP contribution in [0.3, 0.4) is 0 Å². The van der Waals surface area contributed by atoms with Gasteiger partial charge >= 0.3 is 0 Å². The maximum Gasteiger partial charge on any atom is 0.243 e. The Bertz CT molecular complexity index is 1140. The van der Waals surface area contributed by atoms with E-state index < -0.39 is 15.9 Å². The third-order valence-electron chi connectivity index (χ3n) is 4.18. The summed E-state index contributed by atoms with van der Waals surface area (Å²) < 4.78 is 28.3. The molecule has 0 radical (unpaired) electrons. The van der Waals surface area contributed by atoms with E-state index in [-0.39, 0.29) is 23.0 Å². The fraction of sp³-hybridized carbons (Fsp3) is 0.0952. The third kappa shape index (κ3) is 5.83. The quantitative estimate of drug-likeness (QED) is 0.435. The zero-order valence-corrected chi connectivity index (χ0v) is 19.5. The van der Waals surface area contributed by atoms with Gasteiger partial charge in [0.05, 0.1) is 21.5 Å². The van der Waals surface area contributed by atoms with Crippen molar-refractivity contribution in [3.8, 4) is 0 Å². The SMILES string of the molecule is O=C(CN(Cc1ccccc1)S(=O)(=O)c1ccc(Br)cc1)Nc1ccc(Cl)c(Cl)c1. The van der Waals surface area contributed by atoms with Gasteiger partial charge in [-0.05, 0) is 48.0 Å². The van der Waals surface area contributed by atoms with Crippen molar-refractivity contribution in [3.05, 3.63) is 92.9 Å². The summed E-state index contributed by atoms with van der Waals surface area (Å²) in [7, 11) is -3.91. The highest BCUT2D eigenvalue weighted by Gasteiger charge is 2.27. The molecule has 0 saturated heterocycles. The second-order valence-corrected chi connectivity index (χ2v) is 10.1. The average molecular weight is 528 g/mol. The van der Waals surface area contributed by atoms with E-state index in [1.54, 1.807) is 36.4 Å². The molecular weight excluding hydrogens is 511 g/mol. The monoisotopic (exact) mass is 526 g/mol. The Morgan fingerprint density at radius 3 is 2.23 bits per heavy atom. The lowest BCUT2D eigenvalue weighted by Gasteiger charge is -2.22. The highest BCUT2D eigenvalue weighted by molar-refractivity contribution is 9.10. The van der Waals surface area contributed by atoms with Gasteiger partial charge in [0.15, 0.2) is 0 Å². The van der Waals surface area contributed by atoms with E-state index in [2.05, 4.69) is 21.2 Å². The fourth-order valence-corrected chi connectivity index (χ4v) is 4.65. The van der Waals surface area contributed by atoms with Crippen LogP contribution in [-0.4, -0.2) is 25.2 Å². The van der Waals surface area contributed by atoms with Crippen molar-refractivity contribution in [2.45, 2.75) is 11.4 Å². The molecule has 3 rings (SSSR count). The molecule has 0 unspecified atom stereocenters. The van der Waals surface area contributed by atoms with Crippen LogP contribution in [0.1, 0.15) is 5.56 Å². The number of carbonyl (C=O) groups excluding carboxylic acids is 1. The molecule has 156 valence electrons. The number of hydrogen-bond acceptors (Lipinski definition) is 3. The number of anilines is 1. The highest BCUT2D eigenvalue weighted by atomic mass is 79.9. The van der Waals surface area contributed by atoms with E-state index in [1.807, 2.05) is 18.2 Å². The first-order valence-corrected chi connectivity index (χ1v) is 11.8. The molecule has 3 aromatic rings. The smallest absolute Gasteiger partial charge is 0.243 e. The van der Waals surface area contributed by atoms with Gasteiger partial charge in [0, 0.05) is 16.7 Å². The number of rotatable bonds is 7. The van der Waals surface area contributed by atoms with Crippen LogP contribution in [0.25, 0.3) is 0 Å². The molecule has 0 saturated carbocycles. The molecule has 5 nitrogen and oxygen atoms in total. The minimum absolute atomic E-state index is 0.0496. The van der Waals surface area contributed by atoms with Crippen LogP contribution in [-0.2, 0) is 21.4 Å². The number of carbonyl (C=O) groups is 1. The van der Waals surface area contributed by atoms with E-state index in [9.17, 15) is 13.2 Å². The number of nitrogens with zero attached hydrogens (tertiary/aromatic N) is 1. The van der Waals surface area contributed by atoms with Crippen LogP contribution in [0.2, 0.25) is 10.0 Å². The topological polar surface area (TPSA) is 66.5 Å². The van der Waals surface area contributed by atoms with Crippen molar-refractivity contribution in [2.24, 2.45) is 0 Å². The Hall–Kier alpha value is -1.90. The molecule has 9 heteroatoms. The molecule has 0 aliphatic carbocycles. The summed E-state index contributed by atoms with van der Waals surface area (Å²) in [5.74, 6) is -0.495. The van der Waals surface area contributed by atoms with Gasteiger partial charge in [-0.15, -0.1) is 0 Å². The molecular formula is C21H17BrCl2N2O3S. The van der Waals surface area contributed by atoms with Crippen LogP contribution in [0.15, 0.2) is 82.2 Å². The number of nitrogens with one attached hydrogen (secondary N) is 1. The van der Waals surface area contributed by atoms with Crippen molar-refractivity contribution < 1.29 is 13.2 Å². The molecule has 0 bridgehead atoms. The van der Waals surface area contributed by atoms with Crippen LogP contribution in [0, 0.1) is 0 Å². The zero-order valence-electron chi connectivity index (χ0n) is 15.6. The van der Waals surface area contributed by atoms with E-state index in [0.29, 0.717) is 10.7 Å².